The first kappa shape index (κ1) is 33.1. The number of amides is 1. The summed E-state index contributed by atoms with van der Waals surface area (Å²) in [5, 5.41) is 9.93. The van der Waals surface area contributed by atoms with E-state index in [4.69, 9.17) is 14.2 Å². The summed E-state index contributed by atoms with van der Waals surface area (Å²) >= 11 is 0. The van der Waals surface area contributed by atoms with Crippen LogP contribution in [0.15, 0.2) is 76.5 Å². The summed E-state index contributed by atoms with van der Waals surface area (Å²) in [6, 6.07) is 15.6. The lowest BCUT2D eigenvalue weighted by Gasteiger charge is -2.38. The van der Waals surface area contributed by atoms with Gasteiger partial charge in [-0.2, -0.15) is 4.31 Å². The fourth-order valence-electron chi connectivity index (χ4n) is 4.75. The fraction of sp³-hybridized carbons (Fsp3) is 0.367. The van der Waals surface area contributed by atoms with Crippen molar-refractivity contribution >= 4 is 31.6 Å². The summed E-state index contributed by atoms with van der Waals surface area (Å²) < 4.78 is 73.1. The molecule has 1 amide bonds. The number of rotatable bonds is 11. The highest BCUT2D eigenvalue weighted by molar-refractivity contribution is 7.92. The minimum absolute atomic E-state index is 0.00172. The Hall–Kier alpha value is -3.85. The number of likely N-dealkylation sites (N-methyl/N-ethyl adjacent to an activating group) is 1. The molecule has 2 N–H and O–H groups in total. The molecule has 14 heteroatoms. The number of aliphatic hydroxyl groups excluding tert-OH is 1. The van der Waals surface area contributed by atoms with Gasteiger partial charge < -0.3 is 24.2 Å². The third-order valence-electron chi connectivity index (χ3n) is 7.49. The average molecular weight is 648 g/mol. The van der Waals surface area contributed by atoms with E-state index in [1.807, 2.05) is 6.92 Å². The summed E-state index contributed by atoms with van der Waals surface area (Å²) in [5.41, 5.74) is 0.190. The second kappa shape index (κ2) is 13.4. The minimum atomic E-state index is -4.01. The molecule has 238 valence electrons. The third kappa shape index (κ3) is 7.09. The van der Waals surface area contributed by atoms with Crippen molar-refractivity contribution in [3.63, 3.8) is 0 Å². The van der Waals surface area contributed by atoms with Crippen molar-refractivity contribution < 1.29 is 40.9 Å². The lowest BCUT2D eigenvalue weighted by molar-refractivity contribution is 0.0387. The van der Waals surface area contributed by atoms with Gasteiger partial charge in [0.25, 0.3) is 15.9 Å². The molecule has 0 radical (unpaired) electrons. The lowest BCUT2D eigenvalue weighted by atomic mass is 9.99. The fourth-order valence-corrected chi connectivity index (χ4v) is 6.98. The number of hydrogen-bond donors (Lipinski definition) is 2. The van der Waals surface area contributed by atoms with E-state index in [0.717, 1.165) is 0 Å². The summed E-state index contributed by atoms with van der Waals surface area (Å²) in [4.78, 5) is 15.3. The molecule has 0 bridgehead atoms. The Morgan fingerprint density at radius 2 is 1.55 bits per heavy atom. The molecule has 1 aliphatic rings. The van der Waals surface area contributed by atoms with E-state index in [1.165, 1.54) is 85.1 Å². The number of aliphatic hydroxyl groups is 1. The third-order valence-corrected chi connectivity index (χ3v) is 10.7. The monoisotopic (exact) mass is 647 g/mol. The van der Waals surface area contributed by atoms with E-state index in [-0.39, 0.29) is 52.4 Å². The number of nitrogens with zero attached hydrogens (tertiary/aromatic N) is 2. The normalized spacial score (nSPS) is 18.1. The summed E-state index contributed by atoms with van der Waals surface area (Å²) in [5.74, 6) is 0.370. The van der Waals surface area contributed by atoms with E-state index in [0.29, 0.717) is 11.5 Å². The number of fused-ring (bicyclic) bond motifs is 1. The summed E-state index contributed by atoms with van der Waals surface area (Å²) in [6.45, 7) is 3.33. The first-order valence-corrected chi connectivity index (χ1v) is 16.7. The Bertz CT molecular complexity index is 1680. The molecule has 12 nitrogen and oxygen atoms in total. The number of methoxy groups -OCH3 is 2. The van der Waals surface area contributed by atoms with Crippen LogP contribution in [0.25, 0.3) is 0 Å². The first-order valence-electron chi connectivity index (χ1n) is 13.8. The molecule has 4 rings (SSSR count). The van der Waals surface area contributed by atoms with Crippen LogP contribution >= 0.6 is 0 Å². The summed E-state index contributed by atoms with van der Waals surface area (Å²) in [7, 11) is -3.49. The van der Waals surface area contributed by atoms with Crippen LogP contribution < -0.4 is 18.9 Å². The van der Waals surface area contributed by atoms with E-state index < -0.39 is 38.1 Å². The topological polar surface area (TPSA) is 152 Å². The highest BCUT2D eigenvalue weighted by atomic mass is 32.2. The molecule has 0 unspecified atom stereocenters. The molecular formula is C30H37N3O9S2. The highest BCUT2D eigenvalue weighted by Gasteiger charge is 2.35. The maximum atomic E-state index is 13.7. The number of nitrogens with one attached hydrogen (secondary N) is 1. The van der Waals surface area contributed by atoms with Crippen molar-refractivity contribution in [3.05, 3.63) is 72.3 Å². The Kier molecular flexibility index (Phi) is 10.1. The SMILES string of the molecule is COc1ccc(S(=O)(=O)Nc2ccc3c(c2)C(=O)N([C@H](C)CO)C[C@H](C)[C@@H](CN(C)S(=O)(=O)c2ccc(OC)cc2)O3)cc1. The maximum Gasteiger partial charge on any atom is 0.261 e. The van der Waals surface area contributed by atoms with Crippen molar-refractivity contribution in [2.45, 2.75) is 35.8 Å². The predicted molar refractivity (Wildman–Crippen MR) is 164 cm³/mol. The highest BCUT2D eigenvalue weighted by Crippen LogP contribution is 2.32. The molecule has 0 fully saturated rings. The van der Waals surface area contributed by atoms with Crippen LogP contribution in [0, 0.1) is 5.92 Å². The van der Waals surface area contributed by atoms with E-state index in [1.54, 1.807) is 19.1 Å². The van der Waals surface area contributed by atoms with Gasteiger partial charge in [-0.3, -0.25) is 9.52 Å². The van der Waals surface area contributed by atoms with Crippen LogP contribution in [0.1, 0.15) is 24.2 Å². The predicted octanol–water partition coefficient (Wildman–Crippen LogP) is 3.05. The van der Waals surface area contributed by atoms with Gasteiger partial charge in [-0.05, 0) is 73.7 Å². The quantitative estimate of drug-likeness (QED) is 0.320. The number of carbonyl (C=O) groups is 1. The number of carbonyl (C=O) groups excluding carboxylic acids is 1. The smallest absolute Gasteiger partial charge is 0.261 e. The van der Waals surface area contributed by atoms with Crippen molar-refractivity contribution in [1.29, 1.82) is 0 Å². The van der Waals surface area contributed by atoms with Crippen LogP contribution in [0.5, 0.6) is 17.2 Å². The molecule has 1 heterocycles. The van der Waals surface area contributed by atoms with Gasteiger partial charge in [0.05, 0.1) is 48.8 Å². The molecule has 0 saturated carbocycles. The molecule has 1 aliphatic heterocycles. The van der Waals surface area contributed by atoms with Crippen molar-refractivity contribution in [2.24, 2.45) is 5.92 Å². The molecular weight excluding hydrogens is 610 g/mol. The van der Waals surface area contributed by atoms with Crippen LogP contribution in [-0.4, -0.2) is 90.2 Å². The summed E-state index contributed by atoms with van der Waals surface area (Å²) in [6.07, 6.45) is -0.699. The number of hydrogen-bond acceptors (Lipinski definition) is 9. The van der Waals surface area contributed by atoms with Gasteiger partial charge in [0.2, 0.25) is 10.0 Å². The average Bonchev–Trinajstić information content (AvgIpc) is 3.02. The van der Waals surface area contributed by atoms with E-state index in [9.17, 15) is 26.7 Å². The van der Waals surface area contributed by atoms with Gasteiger partial charge in [0, 0.05) is 25.2 Å². The molecule has 3 atom stereocenters. The van der Waals surface area contributed by atoms with Gasteiger partial charge >= 0.3 is 0 Å². The van der Waals surface area contributed by atoms with Crippen molar-refractivity contribution in [3.8, 4) is 17.2 Å². The Labute approximate surface area is 258 Å². The second-order valence-corrected chi connectivity index (χ2v) is 14.3. The van der Waals surface area contributed by atoms with Gasteiger partial charge in [-0.25, -0.2) is 16.8 Å². The van der Waals surface area contributed by atoms with E-state index >= 15 is 0 Å². The molecule has 3 aromatic carbocycles. The Morgan fingerprint density at radius 1 is 0.977 bits per heavy atom. The molecule has 3 aromatic rings. The molecule has 0 spiro atoms. The zero-order chi connectivity index (χ0) is 32.2. The molecule has 0 aromatic heterocycles. The number of ether oxygens (including phenoxy) is 3. The van der Waals surface area contributed by atoms with Crippen LogP contribution in [0.3, 0.4) is 0 Å². The van der Waals surface area contributed by atoms with Crippen LogP contribution in [0.2, 0.25) is 0 Å². The Balaban J connectivity index is 1.66. The molecule has 0 aliphatic carbocycles. The Morgan fingerprint density at radius 3 is 2.09 bits per heavy atom. The molecule has 44 heavy (non-hydrogen) atoms. The van der Waals surface area contributed by atoms with Crippen molar-refractivity contribution in [2.75, 3.05) is 45.7 Å². The number of sulfonamides is 2. The van der Waals surface area contributed by atoms with E-state index in [2.05, 4.69) is 4.72 Å². The van der Waals surface area contributed by atoms with Crippen molar-refractivity contribution in [1.82, 2.24) is 9.21 Å². The maximum absolute atomic E-state index is 13.7. The standard InChI is InChI=1S/C30H37N3O9S2/c1-20-17-33(21(2)19-34)30(35)27-16-22(31-43(36,37)25-11-7-23(40-4)8-12-25)6-15-28(27)42-29(20)18-32(3)44(38,39)26-13-9-24(41-5)10-14-26/h6-16,20-21,29,31,34H,17-19H2,1-5H3/t20-,21+,29+/m0/s1. The van der Waals surface area contributed by atoms with Gasteiger partial charge in [-0.1, -0.05) is 6.92 Å². The molecule has 0 saturated heterocycles. The second-order valence-electron chi connectivity index (χ2n) is 10.6. The van der Waals surface area contributed by atoms with Crippen LogP contribution in [-0.2, 0) is 20.0 Å². The van der Waals surface area contributed by atoms with Crippen LogP contribution in [0.4, 0.5) is 5.69 Å². The van der Waals surface area contributed by atoms with Gasteiger partial charge in [0.15, 0.2) is 0 Å². The zero-order valence-electron chi connectivity index (χ0n) is 25.1. The zero-order valence-corrected chi connectivity index (χ0v) is 26.8. The number of anilines is 1. The lowest BCUT2D eigenvalue weighted by Crippen LogP contribution is -2.50. The number of benzene rings is 3. The first-order chi connectivity index (χ1) is 20.8. The largest absolute Gasteiger partial charge is 0.497 e. The van der Waals surface area contributed by atoms with Gasteiger partial charge in [0.1, 0.15) is 23.4 Å². The van der Waals surface area contributed by atoms with Gasteiger partial charge in [-0.15, -0.1) is 0 Å². The minimum Gasteiger partial charge on any atom is -0.497 e.